The van der Waals surface area contributed by atoms with Gasteiger partial charge in [0, 0.05) is 41.8 Å². The second-order valence-electron chi connectivity index (χ2n) is 10.4. The van der Waals surface area contributed by atoms with Gasteiger partial charge in [0.25, 0.3) is 0 Å². The van der Waals surface area contributed by atoms with Gasteiger partial charge in [0.05, 0.1) is 5.69 Å². The van der Waals surface area contributed by atoms with Gasteiger partial charge in [-0.15, -0.1) is 0 Å². The number of aliphatic carboxylic acids is 1. The second-order valence-corrected chi connectivity index (χ2v) is 10.8. The maximum Gasteiger partial charge on any atom is 0.401 e. The highest BCUT2D eigenvalue weighted by Gasteiger charge is 2.51. The maximum atomic E-state index is 13.5. The van der Waals surface area contributed by atoms with Gasteiger partial charge < -0.3 is 14.2 Å². The molecule has 2 aromatic heterocycles. The lowest BCUT2D eigenvalue weighted by molar-refractivity contribution is -0.185. The number of nitrogens with zero attached hydrogens (tertiary/aromatic N) is 2. The molecular weight excluding hydrogens is 525 g/mol. The van der Waals surface area contributed by atoms with Crippen LogP contribution in [0.15, 0.2) is 33.3 Å². The molecule has 204 valence electrons. The summed E-state index contributed by atoms with van der Waals surface area (Å²) in [5, 5.41) is 17.8. The van der Waals surface area contributed by atoms with Crippen LogP contribution in [0.4, 0.5) is 13.2 Å². The smallest absolute Gasteiger partial charge is 0.401 e. The molecule has 2 heterocycles. The molecule has 1 fully saturated rings. The molecule has 0 saturated heterocycles. The molecule has 4 rings (SSSR count). The van der Waals surface area contributed by atoms with Crippen molar-refractivity contribution in [1.82, 2.24) is 10.3 Å². The fraction of sp³-hybridized carbons (Fsp3) is 0.481. The molecule has 1 aliphatic carbocycles. The molecule has 1 aromatic carbocycles. The van der Waals surface area contributed by atoms with E-state index in [1.165, 1.54) is 6.07 Å². The lowest BCUT2D eigenvalue weighted by Crippen LogP contribution is -2.35. The second kappa shape index (κ2) is 10.6. The van der Waals surface area contributed by atoms with E-state index in [4.69, 9.17) is 20.6 Å². The minimum atomic E-state index is -4.56. The van der Waals surface area contributed by atoms with Crippen molar-refractivity contribution in [3.05, 3.63) is 57.4 Å². The van der Waals surface area contributed by atoms with Crippen molar-refractivity contribution < 1.29 is 36.9 Å². The molecule has 3 aromatic rings. The monoisotopic (exact) mass is 552 g/mol. The van der Waals surface area contributed by atoms with Gasteiger partial charge in [-0.2, -0.15) is 13.2 Å². The van der Waals surface area contributed by atoms with Gasteiger partial charge >= 0.3 is 12.1 Å². The number of Topliss-reactive ketones (excluding diaryl/α,β-unsaturated/α-hetero) is 1. The zero-order valence-corrected chi connectivity index (χ0v) is 21.9. The number of carboxylic acid groups (broad SMARTS) is 1. The Kier molecular flexibility index (Phi) is 7.74. The molecule has 38 heavy (non-hydrogen) atoms. The minimum absolute atomic E-state index is 0.00828. The lowest BCUT2D eigenvalue weighted by atomic mass is 9.87. The number of aryl methyl sites for hydroxylation is 1. The number of hydrogen-bond acceptors (Lipinski definition) is 6. The number of alkyl halides is 3. The van der Waals surface area contributed by atoms with Crippen LogP contribution >= 0.6 is 11.6 Å². The number of benzene rings is 1. The molecule has 0 aliphatic heterocycles. The Labute approximate surface area is 222 Å². The Morgan fingerprint density at radius 3 is 2.47 bits per heavy atom. The number of aromatic nitrogens is 2. The standard InChI is InChI=1S/C27H28ClF3N2O5/c1-14-4-5-16(19(28)10-14)11-18(34)12-17(8-9-22(35)36)24-23(15-6-7-15)25(38-33-24)20-13-21(37-32-20)26(2,3)27(29,30)31/h4-5,10,13,15,17H,6-9,11-12H2,1-3H3,(H,35,36)/t17-/m0/s1. The third-order valence-electron chi connectivity index (χ3n) is 6.97. The Morgan fingerprint density at radius 1 is 1.16 bits per heavy atom. The van der Waals surface area contributed by atoms with Gasteiger partial charge in [0.15, 0.2) is 17.2 Å². The summed E-state index contributed by atoms with van der Waals surface area (Å²) in [5.74, 6) is -1.88. The Hall–Kier alpha value is -3.14. The fourth-order valence-electron chi connectivity index (χ4n) is 4.36. The summed E-state index contributed by atoms with van der Waals surface area (Å²) in [6.07, 6.45) is -2.92. The van der Waals surface area contributed by atoms with Crippen molar-refractivity contribution >= 4 is 23.4 Å². The summed E-state index contributed by atoms with van der Waals surface area (Å²) in [6.45, 7) is 3.89. The molecule has 0 unspecified atom stereocenters. The van der Waals surface area contributed by atoms with Gasteiger partial charge in [0.1, 0.15) is 11.2 Å². The average molecular weight is 553 g/mol. The number of carbonyl (C=O) groups excluding carboxylic acids is 1. The molecule has 1 atom stereocenters. The predicted molar refractivity (Wildman–Crippen MR) is 132 cm³/mol. The van der Waals surface area contributed by atoms with Crippen molar-refractivity contribution in [2.75, 3.05) is 0 Å². The first kappa shape index (κ1) is 27.9. The zero-order valence-electron chi connectivity index (χ0n) is 21.2. The summed E-state index contributed by atoms with van der Waals surface area (Å²) >= 11 is 6.29. The highest BCUT2D eigenvalue weighted by atomic mass is 35.5. The summed E-state index contributed by atoms with van der Waals surface area (Å²) in [4.78, 5) is 24.4. The van der Waals surface area contributed by atoms with Gasteiger partial charge in [-0.25, -0.2) is 0 Å². The van der Waals surface area contributed by atoms with E-state index in [0.717, 1.165) is 32.3 Å². The molecule has 0 spiro atoms. The van der Waals surface area contributed by atoms with Crippen LogP contribution in [0.1, 0.15) is 85.9 Å². The van der Waals surface area contributed by atoms with Crippen LogP contribution in [0.25, 0.3) is 11.5 Å². The minimum Gasteiger partial charge on any atom is -0.481 e. The Balaban J connectivity index is 1.64. The van der Waals surface area contributed by atoms with Crippen molar-refractivity contribution in [3.63, 3.8) is 0 Å². The molecular formula is C27H28ClF3N2O5. The van der Waals surface area contributed by atoms with Crippen LogP contribution < -0.4 is 0 Å². The first-order chi connectivity index (χ1) is 17.8. The van der Waals surface area contributed by atoms with E-state index in [2.05, 4.69) is 10.3 Å². The van der Waals surface area contributed by atoms with Crippen LogP contribution in [-0.2, 0) is 21.4 Å². The molecule has 0 radical (unpaired) electrons. The van der Waals surface area contributed by atoms with Gasteiger partial charge in [-0.05, 0) is 63.1 Å². The van der Waals surface area contributed by atoms with Gasteiger partial charge in [-0.3, -0.25) is 9.59 Å². The van der Waals surface area contributed by atoms with Crippen molar-refractivity contribution in [2.45, 2.75) is 82.7 Å². The normalized spacial score (nSPS) is 15.0. The van der Waals surface area contributed by atoms with Crippen LogP contribution in [0.5, 0.6) is 0 Å². The molecule has 1 saturated carbocycles. The largest absolute Gasteiger partial charge is 0.481 e. The van der Waals surface area contributed by atoms with Gasteiger partial charge in [-0.1, -0.05) is 34.0 Å². The third-order valence-corrected chi connectivity index (χ3v) is 7.32. The van der Waals surface area contributed by atoms with Crippen molar-refractivity contribution in [3.8, 4) is 11.5 Å². The summed E-state index contributed by atoms with van der Waals surface area (Å²) < 4.78 is 51.2. The third kappa shape index (κ3) is 5.95. The highest BCUT2D eigenvalue weighted by molar-refractivity contribution is 6.31. The van der Waals surface area contributed by atoms with E-state index in [1.807, 2.05) is 13.0 Å². The molecule has 7 nitrogen and oxygen atoms in total. The van der Waals surface area contributed by atoms with E-state index < -0.39 is 23.5 Å². The Morgan fingerprint density at radius 2 is 1.87 bits per heavy atom. The number of rotatable bonds is 11. The first-order valence-electron chi connectivity index (χ1n) is 12.3. The quantitative estimate of drug-likeness (QED) is 0.269. The highest BCUT2D eigenvalue weighted by Crippen LogP contribution is 2.49. The number of halogens is 4. The average Bonchev–Trinajstić information content (AvgIpc) is 3.35. The SMILES string of the molecule is Cc1ccc(CC(=O)C[C@H](CCC(=O)O)c2noc(-c3cc(C(C)(C)C(F)(F)F)on3)c2C2CC2)c(Cl)c1. The Bertz CT molecular complexity index is 1340. The zero-order chi connectivity index (χ0) is 27.8. The van der Waals surface area contributed by atoms with Crippen LogP contribution in [-0.4, -0.2) is 33.3 Å². The summed E-state index contributed by atoms with van der Waals surface area (Å²) in [5.41, 5.74) is 0.522. The van der Waals surface area contributed by atoms with E-state index in [-0.39, 0.29) is 54.6 Å². The number of hydrogen-bond donors (Lipinski definition) is 1. The number of ketones is 1. The van der Waals surface area contributed by atoms with E-state index in [9.17, 15) is 27.9 Å². The van der Waals surface area contributed by atoms with Crippen molar-refractivity contribution in [1.29, 1.82) is 0 Å². The summed E-state index contributed by atoms with van der Waals surface area (Å²) in [6, 6.07) is 6.61. The van der Waals surface area contributed by atoms with Crippen LogP contribution in [0.2, 0.25) is 5.02 Å². The maximum absolute atomic E-state index is 13.5. The fourth-order valence-corrected chi connectivity index (χ4v) is 4.66. The molecule has 11 heteroatoms. The number of carbonyl (C=O) groups is 2. The molecule has 0 bridgehead atoms. The van der Waals surface area contributed by atoms with E-state index in [0.29, 0.717) is 21.8 Å². The van der Waals surface area contributed by atoms with E-state index in [1.54, 1.807) is 12.1 Å². The van der Waals surface area contributed by atoms with E-state index >= 15 is 0 Å². The molecule has 1 aliphatic rings. The van der Waals surface area contributed by atoms with Crippen molar-refractivity contribution in [2.24, 2.45) is 0 Å². The number of carboxylic acids is 1. The topological polar surface area (TPSA) is 106 Å². The van der Waals surface area contributed by atoms with Crippen LogP contribution in [0.3, 0.4) is 0 Å². The first-order valence-corrected chi connectivity index (χ1v) is 12.7. The molecule has 0 amide bonds. The predicted octanol–water partition coefficient (Wildman–Crippen LogP) is 7.16. The lowest BCUT2D eigenvalue weighted by Gasteiger charge is -2.24. The van der Waals surface area contributed by atoms with Crippen LogP contribution in [0, 0.1) is 6.92 Å². The van der Waals surface area contributed by atoms with Gasteiger partial charge in [0.2, 0.25) is 0 Å². The molecule has 1 N–H and O–H groups in total. The summed E-state index contributed by atoms with van der Waals surface area (Å²) in [7, 11) is 0.